The summed E-state index contributed by atoms with van der Waals surface area (Å²) in [6.07, 6.45) is 2.08. The van der Waals surface area contributed by atoms with E-state index < -0.39 is 11.6 Å². The molecule has 76 valence electrons. The van der Waals surface area contributed by atoms with Gasteiger partial charge >= 0.3 is 0 Å². The van der Waals surface area contributed by atoms with Crippen LogP contribution in [0.3, 0.4) is 0 Å². The molecule has 1 saturated carbocycles. The Bertz CT molecular complexity index is 361. The summed E-state index contributed by atoms with van der Waals surface area (Å²) in [5.41, 5.74) is 12.2. The van der Waals surface area contributed by atoms with Crippen LogP contribution in [0, 0.1) is 17.6 Å². The summed E-state index contributed by atoms with van der Waals surface area (Å²) in [6, 6.07) is 1.84. The Labute approximate surface area is 80.9 Å². The van der Waals surface area contributed by atoms with Gasteiger partial charge in [0.2, 0.25) is 0 Å². The Kier molecular flexibility index (Phi) is 2.15. The van der Waals surface area contributed by atoms with E-state index in [1.165, 1.54) is 0 Å². The van der Waals surface area contributed by atoms with E-state index in [0.29, 0.717) is 11.5 Å². The number of benzene rings is 1. The molecule has 1 atom stereocenters. The van der Waals surface area contributed by atoms with Gasteiger partial charge < -0.3 is 11.5 Å². The van der Waals surface area contributed by atoms with Gasteiger partial charge in [-0.2, -0.15) is 0 Å². The molecule has 0 spiro atoms. The first kappa shape index (κ1) is 9.40. The Hall–Kier alpha value is -1.16. The maximum absolute atomic E-state index is 12.9. The maximum atomic E-state index is 12.9. The van der Waals surface area contributed by atoms with E-state index in [-0.39, 0.29) is 11.7 Å². The van der Waals surface area contributed by atoms with Gasteiger partial charge in [0.15, 0.2) is 11.6 Å². The standard InChI is InChI=1S/C10H12F2N2/c11-7-3-6(9(13)4-8(7)12)10(14)5-1-2-5/h3-5,10H,1-2,13-14H2. The lowest BCUT2D eigenvalue weighted by Gasteiger charge is -2.13. The van der Waals surface area contributed by atoms with Crippen molar-refractivity contribution in [2.45, 2.75) is 18.9 Å². The minimum atomic E-state index is -0.922. The fourth-order valence-electron chi connectivity index (χ4n) is 1.58. The van der Waals surface area contributed by atoms with E-state index in [1.54, 1.807) is 0 Å². The molecule has 0 saturated heterocycles. The topological polar surface area (TPSA) is 52.0 Å². The molecule has 0 amide bonds. The van der Waals surface area contributed by atoms with Gasteiger partial charge in [-0.15, -0.1) is 0 Å². The first-order valence-electron chi connectivity index (χ1n) is 4.59. The lowest BCUT2D eigenvalue weighted by atomic mass is 10.0. The molecule has 0 bridgehead atoms. The quantitative estimate of drug-likeness (QED) is 0.713. The zero-order valence-electron chi connectivity index (χ0n) is 7.63. The number of nitrogen functional groups attached to an aromatic ring is 1. The van der Waals surface area contributed by atoms with Gasteiger partial charge in [0, 0.05) is 17.8 Å². The predicted octanol–water partition coefficient (Wildman–Crippen LogP) is 1.96. The highest BCUT2D eigenvalue weighted by atomic mass is 19.2. The molecule has 1 aromatic carbocycles. The molecule has 14 heavy (non-hydrogen) atoms. The van der Waals surface area contributed by atoms with Crippen LogP contribution in [0.1, 0.15) is 24.4 Å². The van der Waals surface area contributed by atoms with Crippen LogP contribution in [0.2, 0.25) is 0 Å². The average molecular weight is 198 g/mol. The van der Waals surface area contributed by atoms with Crippen molar-refractivity contribution < 1.29 is 8.78 Å². The Morgan fingerprint density at radius 2 is 1.79 bits per heavy atom. The summed E-state index contributed by atoms with van der Waals surface area (Å²) >= 11 is 0. The van der Waals surface area contributed by atoms with Gasteiger partial charge in [0.05, 0.1) is 0 Å². The molecule has 0 aromatic heterocycles. The molecular weight excluding hydrogens is 186 g/mol. The molecule has 1 aliphatic carbocycles. The molecule has 1 fully saturated rings. The lowest BCUT2D eigenvalue weighted by Crippen LogP contribution is -2.15. The molecule has 0 radical (unpaired) electrons. The van der Waals surface area contributed by atoms with E-state index >= 15 is 0 Å². The van der Waals surface area contributed by atoms with Crippen molar-refractivity contribution in [1.29, 1.82) is 0 Å². The van der Waals surface area contributed by atoms with Crippen LogP contribution in [0.25, 0.3) is 0 Å². The fourth-order valence-corrected chi connectivity index (χ4v) is 1.58. The minimum Gasteiger partial charge on any atom is -0.398 e. The van der Waals surface area contributed by atoms with Crippen LogP contribution in [-0.4, -0.2) is 0 Å². The molecule has 1 aromatic rings. The monoisotopic (exact) mass is 198 g/mol. The molecular formula is C10H12F2N2. The Morgan fingerprint density at radius 3 is 2.36 bits per heavy atom. The van der Waals surface area contributed by atoms with Crippen molar-refractivity contribution in [2.24, 2.45) is 11.7 Å². The summed E-state index contributed by atoms with van der Waals surface area (Å²) in [6.45, 7) is 0. The number of nitrogens with two attached hydrogens (primary N) is 2. The highest BCUT2D eigenvalue weighted by molar-refractivity contribution is 5.49. The minimum absolute atomic E-state index is 0.239. The first-order chi connectivity index (χ1) is 6.59. The van der Waals surface area contributed by atoms with Crippen molar-refractivity contribution in [1.82, 2.24) is 0 Å². The summed E-state index contributed by atoms with van der Waals surface area (Å²) in [4.78, 5) is 0. The average Bonchev–Trinajstić information content (AvgIpc) is 2.93. The van der Waals surface area contributed by atoms with E-state index in [2.05, 4.69) is 0 Å². The summed E-state index contributed by atoms with van der Waals surface area (Å²) in [5, 5.41) is 0. The van der Waals surface area contributed by atoms with Crippen molar-refractivity contribution in [3.8, 4) is 0 Å². The predicted molar refractivity (Wildman–Crippen MR) is 50.4 cm³/mol. The van der Waals surface area contributed by atoms with Gasteiger partial charge in [-0.1, -0.05) is 0 Å². The number of hydrogen-bond donors (Lipinski definition) is 2. The van der Waals surface area contributed by atoms with Crippen LogP contribution in [0.15, 0.2) is 12.1 Å². The molecule has 4 N–H and O–H groups in total. The third-order valence-corrected chi connectivity index (χ3v) is 2.61. The molecule has 1 unspecified atom stereocenters. The highest BCUT2D eigenvalue weighted by Gasteiger charge is 2.31. The molecule has 1 aliphatic rings. The third kappa shape index (κ3) is 1.57. The second-order valence-electron chi connectivity index (χ2n) is 3.76. The zero-order valence-corrected chi connectivity index (χ0v) is 7.63. The van der Waals surface area contributed by atoms with Crippen LogP contribution in [-0.2, 0) is 0 Å². The first-order valence-corrected chi connectivity index (χ1v) is 4.59. The largest absolute Gasteiger partial charge is 0.398 e. The summed E-state index contributed by atoms with van der Waals surface area (Å²) in [5.74, 6) is -1.43. The van der Waals surface area contributed by atoms with Gasteiger partial charge in [-0.05, 0) is 30.4 Å². The van der Waals surface area contributed by atoms with Crippen LogP contribution < -0.4 is 11.5 Å². The number of anilines is 1. The van der Waals surface area contributed by atoms with Crippen molar-refractivity contribution in [2.75, 3.05) is 5.73 Å². The summed E-state index contributed by atoms with van der Waals surface area (Å²) in [7, 11) is 0. The maximum Gasteiger partial charge on any atom is 0.160 e. The fraction of sp³-hybridized carbons (Fsp3) is 0.400. The molecule has 0 heterocycles. The van der Waals surface area contributed by atoms with Gasteiger partial charge in [0.1, 0.15) is 0 Å². The molecule has 0 aliphatic heterocycles. The van der Waals surface area contributed by atoms with Crippen molar-refractivity contribution >= 4 is 5.69 Å². The van der Waals surface area contributed by atoms with Crippen LogP contribution in [0.5, 0.6) is 0 Å². The van der Waals surface area contributed by atoms with E-state index in [4.69, 9.17) is 11.5 Å². The Balaban J connectivity index is 2.36. The second kappa shape index (κ2) is 3.20. The highest BCUT2D eigenvalue weighted by Crippen LogP contribution is 2.41. The number of hydrogen-bond acceptors (Lipinski definition) is 2. The van der Waals surface area contributed by atoms with Gasteiger partial charge in [0.25, 0.3) is 0 Å². The van der Waals surface area contributed by atoms with E-state index in [0.717, 1.165) is 25.0 Å². The second-order valence-corrected chi connectivity index (χ2v) is 3.76. The lowest BCUT2D eigenvalue weighted by molar-refractivity contribution is 0.504. The van der Waals surface area contributed by atoms with Gasteiger partial charge in [-0.25, -0.2) is 8.78 Å². The van der Waals surface area contributed by atoms with Crippen LogP contribution >= 0.6 is 0 Å². The zero-order chi connectivity index (χ0) is 10.3. The summed E-state index contributed by atoms with van der Waals surface area (Å²) < 4.78 is 25.7. The normalized spacial score (nSPS) is 18.2. The van der Waals surface area contributed by atoms with Gasteiger partial charge in [-0.3, -0.25) is 0 Å². The smallest absolute Gasteiger partial charge is 0.160 e. The molecule has 4 heteroatoms. The van der Waals surface area contributed by atoms with Crippen LogP contribution in [0.4, 0.5) is 14.5 Å². The van der Waals surface area contributed by atoms with Crippen molar-refractivity contribution in [3.05, 3.63) is 29.3 Å². The Morgan fingerprint density at radius 1 is 1.21 bits per heavy atom. The third-order valence-electron chi connectivity index (χ3n) is 2.61. The number of halogens is 2. The van der Waals surface area contributed by atoms with E-state index in [1.807, 2.05) is 0 Å². The molecule has 2 nitrogen and oxygen atoms in total. The number of rotatable bonds is 2. The molecule has 2 rings (SSSR count). The van der Waals surface area contributed by atoms with E-state index in [9.17, 15) is 8.78 Å². The SMILES string of the molecule is Nc1cc(F)c(F)cc1C(N)C1CC1. The van der Waals surface area contributed by atoms with Crippen molar-refractivity contribution in [3.63, 3.8) is 0 Å².